The minimum absolute atomic E-state index is 0.229. The summed E-state index contributed by atoms with van der Waals surface area (Å²) in [6.45, 7) is 1.35. The van der Waals surface area contributed by atoms with Gasteiger partial charge in [0.05, 0.1) is 0 Å². The van der Waals surface area contributed by atoms with E-state index in [1.807, 2.05) is 19.0 Å². The number of rotatable bonds is 4. The standard InChI is InChI=1S/C6H13N7O/c1-13(2)4-3-7-6(14)8-5-9-11-12-10-5/h3-4H2,1-2H3,(H3,7,8,9,10,11,12,14). The van der Waals surface area contributed by atoms with Gasteiger partial charge in [0.25, 0.3) is 0 Å². The summed E-state index contributed by atoms with van der Waals surface area (Å²) in [6, 6.07) is -0.328. The van der Waals surface area contributed by atoms with E-state index < -0.39 is 0 Å². The van der Waals surface area contributed by atoms with Gasteiger partial charge in [-0.2, -0.15) is 0 Å². The van der Waals surface area contributed by atoms with Gasteiger partial charge in [-0.15, -0.1) is 0 Å². The quantitative estimate of drug-likeness (QED) is 0.570. The highest BCUT2D eigenvalue weighted by molar-refractivity contribution is 5.87. The first-order chi connectivity index (χ1) is 6.68. The molecule has 1 heterocycles. The summed E-state index contributed by atoms with van der Waals surface area (Å²) < 4.78 is 0. The smallest absolute Gasteiger partial charge is 0.321 e. The second-order valence-corrected chi connectivity index (χ2v) is 2.93. The van der Waals surface area contributed by atoms with E-state index in [4.69, 9.17) is 0 Å². The molecule has 1 rings (SSSR count). The van der Waals surface area contributed by atoms with Crippen LogP contribution in [0.15, 0.2) is 0 Å². The fraction of sp³-hybridized carbons (Fsp3) is 0.667. The summed E-state index contributed by atoms with van der Waals surface area (Å²) in [6.07, 6.45) is 0. The molecule has 2 amide bonds. The van der Waals surface area contributed by atoms with Crippen molar-refractivity contribution in [3.05, 3.63) is 0 Å². The number of nitrogens with zero attached hydrogens (tertiary/aromatic N) is 4. The lowest BCUT2D eigenvalue weighted by atomic mass is 10.6. The number of amides is 2. The maximum atomic E-state index is 11.1. The SMILES string of the molecule is CN(C)CCNC(=O)Nc1nnn[nH]1. The monoisotopic (exact) mass is 199 g/mol. The molecule has 78 valence electrons. The summed E-state index contributed by atoms with van der Waals surface area (Å²) in [4.78, 5) is 13.1. The third-order valence-corrected chi connectivity index (χ3v) is 1.42. The predicted octanol–water partition coefficient (Wildman–Crippen LogP) is -1.12. The van der Waals surface area contributed by atoms with Gasteiger partial charge in [0.1, 0.15) is 0 Å². The molecular weight excluding hydrogens is 186 g/mol. The third kappa shape index (κ3) is 3.81. The van der Waals surface area contributed by atoms with Crippen molar-refractivity contribution in [3.63, 3.8) is 0 Å². The zero-order chi connectivity index (χ0) is 10.4. The predicted molar refractivity (Wildman–Crippen MR) is 49.8 cm³/mol. The van der Waals surface area contributed by atoms with Crippen molar-refractivity contribution >= 4 is 12.0 Å². The van der Waals surface area contributed by atoms with E-state index in [0.29, 0.717) is 6.54 Å². The van der Waals surface area contributed by atoms with E-state index in [2.05, 4.69) is 31.3 Å². The summed E-state index contributed by atoms with van der Waals surface area (Å²) in [5.74, 6) is 0.229. The molecule has 1 aromatic heterocycles. The molecule has 8 heteroatoms. The molecule has 0 saturated heterocycles. The Kier molecular flexibility index (Phi) is 3.80. The highest BCUT2D eigenvalue weighted by Crippen LogP contribution is 1.88. The fourth-order valence-electron chi connectivity index (χ4n) is 0.757. The van der Waals surface area contributed by atoms with Gasteiger partial charge in [0.15, 0.2) is 0 Å². The number of urea groups is 1. The van der Waals surface area contributed by atoms with Crippen molar-refractivity contribution < 1.29 is 4.79 Å². The van der Waals surface area contributed by atoms with E-state index in [9.17, 15) is 4.79 Å². The number of carbonyl (C=O) groups is 1. The van der Waals surface area contributed by atoms with Gasteiger partial charge in [-0.25, -0.2) is 9.89 Å². The minimum atomic E-state index is -0.328. The van der Waals surface area contributed by atoms with Crippen molar-refractivity contribution in [1.82, 2.24) is 30.8 Å². The molecule has 0 radical (unpaired) electrons. The van der Waals surface area contributed by atoms with Crippen LogP contribution in [0.5, 0.6) is 0 Å². The van der Waals surface area contributed by atoms with Gasteiger partial charge in [-0.1, -0.05) is 5.10 Å². The van der Waals surface area contributed by atoms with Crippen LogP contribution in [0.4, 0.5) is 10.7 Å². The number of hydrogen-bond donors (Lipinski definition) is 3. The number of tetrazole rings is 1. The third-order valence-electron chi connectivity index (χ3n) is 1.42. The number of nitrogens with one attached hydrogen (secondary N) is 3. The van der Waals surface area contributed by atoms with Crippen LogP contribution in [-0.4, -0.2) is 58.7 Å². The zero-order valence-electron chi connectivity index (χ0n) is 8.11. The molecule has 0 aliphatic carbocycles. The molecule has 0 spiro atoms. The second-order valence-electron chi connectivity index (χ2n) is 2.93. The van der Waals surface area contributed by atoms with Crippen molar-refractivity contribution in [1.29, 1.82) is 0 Å². The van der Waals surface area contributed by atoms with Crippen molar-refractivity contribution in [3.8, 4) is 0 Å². The lowest BCUT2D eigenvalue weighted by Gasteiger charge is -2.09. The van der Waals surface area contributed by atoms with E-state index in [-0.39, 0.29) is 12.0 Å². The van der Waals surface area contributed by atoms with Crippen molar-refractivity contribution in [2.45, 2.75) is 0 Å². The van der Waals surface area contributed by atoms with Gasteiger partial charge in [0.2, 0.25) is 5.95 Å². The Balaban J connectivity index is 2.17. The number of carbonyl (C=O) groups excluding carboxylic acids is 1. The lowest BCUT2D eigenvalue weighted by Crippen LogP contribution is -2.34. The average molecular weight is 199 g/mol. The molecular formula is C6H13N7O. The van der Waals surface area contributed by atoms with E-state index in [0.717, 1.165) is 6.54 Å². The molecule has 14 heavy (non-hydrogen) atoms. The molecule has 1 aromatic rings. The fourth-order valence-corrected chi connectivity index (χ4v) is 0.757. The van der Waals surface area contributed by atoms with Crippen LogP contribution in [0.3, 0.4) is 0 Å². The molecule has 3 N–H and O–H groups in total. The van der Waals surface area contributed by atoms with Crippen LogP contribution in [-0.2, 0) is 0 Å². The molecule has 0 aliphatic heterocycles. The molecule has 0 saturated carbocycles. The summed E-state index contributed by atoms with van der Waals surface area (Å²) in [5, 5.41) is 17.6. The average Bonchev–Trinajstić information content (AvgIpc) is 2.56. The van der Waals surface area contributed by atoms with Gasteiger partial charge < -0.3 is 10.2 Å². The Morgan fingerprint density at radius 3 is 2.93 bits per heavy atom. The Morgan fingerprint density at radius 1 is 1.57 bits per heavy atom. The first-order valence-electron chi connectivity index (χ1n) is 4.12. The largest absolute Gasteiger partial charge is 0.337 e. The number of aromatic amines is 1. The Labute approximate surface area is 81.1 Å². The number of hydrogen-bond acceptors (Lipinski definition) is 5. The molecule has 0 aliphatic rings. The Morgan fingerprint density at radius 2 is 2.36 bits per heavy atom. The Bertz CT molecular complexity index is 270. The summed E-state index contributed by atoms with van der Waals surface area (Å²) in [7, 11) is 3.86. The topological polar surface area (TPSA) is 98.8 Å². The minimum Gasteiger partial charge on any atom is -0.337 e. The number of aromatic nitrogens is 4. The highest BCUT2D eigenvalue weighted by atomic mass is 16.2. The highest BCUT2D eigenvalue weighted by Gasteiger charge is 2.02. The maximum absolute atomic E-state index is 11.1. The van der Waals surface area contributed by atoms with Crippen LogP contribution in [0.1, 0.15) is 0 Å². The van der Waals surface area contributed by atoms with Crippen LogP contribution >= 0.6 is 0 Å². The normalized spacial score (nSPS) is 10.2. The van der Waals surface area contributed by atoms with Crippen LogP contribution in [0, 0.1) is 0 Å². The molecule has 0 fully saturated rings. The van der Waals surface area contributed by atoms with Crippen LogP contribution in [0.2, 0.25) is 0 Å². The molecule has 0 unspecified atom stereocenters. The maximum Gasteiger partial charge on any atom is 0.321 e. The zero-order valence-corrected chi connectivity index (χ0v) is 8.11. The summed E-state index contributed by atoms with van der Waals surface area (Å²) >= 11 is 0. The van der Waals surface area contributed by atoms with Crippen molar-refractivity contribution in [2.75, 3.05) is 32.5 Å². The van der Waals surface area contributed by atoms with Crippen LogP contribution in [0.25, 0.3) is 0 Å². The van der Waals surface area contributed by atoms with Gasteiger partial charge >= 0.3 is 6.03 Å². The first-order valence-corrected chi connectivity index (χ1v) is 4.12. The Hall–Kier alpha value is -1.70. The van der Waals surface area contributed by atoms with Gasteiger partial charge in [-0.05, 0) is 24.5 Å². The second kappa shape index (κ2) is 5.12. The first kappa shape index (κ1) is 10.4. The van der Waals surface area contributed by atoms with E-state index in [1.54, 1.807) is 0 Å². The molecule has 8 nitrogen and oxygen atoms in total. The van der Waals surface area contributed by atoms with E-state index >= 15 is 0 Å². The molecule has 0 bridgehead atoms. The summed E-state index contributed by atoms with van der Waals surface area (Å²) in [5.41, 5.74) is 0. The van der Waals surface area contributed by atoms with Crippen molar-refractivity contribution in [2.24, 2.45) is 0 Å². The molecule has 0 atom stereocenters. The number of H-pyrrole nitrogens is 1. The number of likely N-dealkylation sites (N-methyl/N-ethyl adjacent to an activating group) is 1. The van der Waals surface area contributed by atoms with Gasteiger partial charge in [-0.3, -0.25) is 5.32 Å². The van der Waals surface area contributed by atoms with Crippen LogP contribution < -0.4 is 10.6 Å². The number of anilines is 1. The van der Waals surface area contributed by atoms with Gasteiger partial charge in [0, 0.05) is 13.1 Å². The van der Waals surface area contributed by atoms with E-state index in [1.165, 1.54) is 0 Å². The lowest BCUT2D eigenvalue weighted by molar-refractivity contribution is 0.250. The molecule has 0 aromatic carbocycles.